The lowest BCUT2D eigenvalue weighted by Gasteiger charge is -2.22. The molecule has 0 unspecified atom stereocenters. The number of aromatic nitrogens is 1. The van der Waals surface area contributed by atoms with Crippen molar-refractivity contribution in [2.75, 3.05) is 31.7 Å². The second kappa shape index (κ2) is 6.72. The van der Waals surface area contributed by atoms with E-state index in [-0.39, 0.29) is 0 Å². The molecule has 4 nitrogen and oxygen atoms in total. The van der Waals surface area contributed by atoms with E-state index in [9.17, 15) is 0 Å². The number of methoxy groups -OCH3 is 1. The molecular formula is C15H17N3O. The van der Waals surface area contributed by atoms with Crippen molar-refractivity contribution in [1.82, 2.24) is 4.98 Å². The Bertz CT molecular complexity index is 577. The summed E-state index contributed by atoms with van der Waals surface area (Å²) in [6.07, 6.45) is 0.484. The van der Waals surface area contributed by atoms with Crippen molar-refractivity contribution in [3.8, 4) is 6.07 Å². The van der Waals surface area contributed by atoms with Crippen LogP contribution in [0.15, 0.2) is 36.4 Å². The summed E-state index contributed by atoms with van der Waals surface area (Å²) in [5.74, 6) is 0.894. The Balaban J connectivity index is 2.24. The predicted molar refractivity (Wildman–Crippen MR) is 76.1 cm³/mol. The number of fused-ring (bicyclic) bond motifs is 1. The normalized spacial score (nSPS) is 10.3. The minimum Gasteiger partial charge on any atom is -0.383 e. The number of benzene rings is 1. The number of nitrogens with zero attached hydrogens (tertiary/aromatic N) is 3. The number of nitriles is 1. The summed E-state index contributed by atoms with van der Waals surface area (Å²) in [7, 11) is 1.68. The number of anilines is 1. The summed E-state index contributed by atoms with van der Waals surface area (Å²) in [6, 6.07) is 14.2. The van der Waals surface area contributed by atoms with E-state index in [1.807, 2.05) is 30.3 Å². The van der Waals surface area contributed by atoms with E-state index in [2.05, 4.69) is 22.0 Å². The molecule has 0 saturated carbocycles. The lowest BCUT2D eigenvalue weighted by atomic mass is 10.2. The third-order valence-corrected chi connectivity index (χ3v) is 2.97. The molecule has 19 heavy (non-hydrogen) atoms. The Hall–Kier alpha value is -2.12. The zero-order valence-corrected chi connectivity index (χ0v) is 11.0. The molecule has 1 aromatic carbocycles. The molecule has 0 N–H and O–H groups in total. The molecule has 0 fully saturated rings. The average Bonchev–Trinajstić information content (AvgIpc) is 2.47. The van der Waals surface area contributed by atoms with Gasteiger partial charge in [0.05, 0.1) is 24.6 Å². The Kier molecular flexibility index (Phi) is 4.71. The van der Waals surface area contributed by atoms with Gasteiger partial charge in [-0.05, 0) is 18.2 Å². The zero-order valence-electron chi connectivity index (χ0n) is 11.0. The molecule has 0 spiro atoms. The van der Waals surface area contributed by atoms with Crippen LogP contribution >= 0.6 is 0 Å². The molecule has 0 bridgehead atoms. The quantitative estimate of drug-likeness (QED) is 0.796. The number of hydrogen-bond acceptors (Lipinski definition) is 4. The van der Waals surface area contributed by atoms with Gasteiger partial charge in [0.25, 0.3) is 0 Å². The number of ether oxygens (including phenoxy) is 1. The summed E-state index contributed by atoms with van der Waals surface area (Å²) < 4.78 is 5.11. The summed E-state index contributed by atoms with van der Waals surface area (Å²) in [5.41, 5.74) is 0.972. The number of para-hydroxylation sites is 1. The molecule has 1 aromatic heterocycles. The second-order valence-corrected chi connectivity index (χ2v) is 4.25. The highest BCUT2D eigenvalue weighted by Gasteiger charge is 2.08. The molecule has 2 aromatic rings. The topological polar surface area (TPSA) is 49.1 Å². The molecule has 0 amide bonds. The van der Waals surface area contributed by atoms with E-state index in [1.165, 1.54) is 0 Å². The van der Waals surface area contributed by atoms with E-state index < -0.39 is 0 Å². The van der Waals surface area contributed by atoms with E-state index >= 15 is 0 Å². The summed E-state index contributed by atoms with van der Waals surface area (Å²) in [6.45, 7) is 2.04. The Labute approximate surface area is 113 Å². The molecule has 2 rings (SSSR count). The maximum absolute atomic E-state index is 8.73. The number of hydrogen-bond donors (Lipinski definition) is 0. The maximum Gasteiger partial charge on any atom is 0.129 e. The van der Waals surface area contributed by atoms with Gasteiger partial charge < -0.3 is 9.64 Å². The molecule has 0 saturated heterocycles. The van der Waals surface area contributed by atoms with Crippen molar-refractivity contribution in [3.63, 3.8) is 0 Å². The molecule has 0 aliphatic heterocycles. The first kappa shape index (κ1) is 13.3. The molecule has 98 valence electrons. The van der Waals surface area contributed by atoms with Crippen molar-refractivity contribution in [2.24, 2.45) is 0 Å². The van der Waals surface area contributed by atoms with Crippen molar-refractivity contribution in [2.45, 2.75) is 6.42 Å². The summed E-state index contributed by atoms with van der Waals surface area (Å²) >= 11 is 0. The van der Waals surface area contributed by atoms with Gasteiger partial charge in [0.1, 0.15) is 5.82 Å². The number of rotatable bonds is 6. The van der Waals surface area contributed by atoms with Gasteiger partial charge in [0, 0.05) is 25.6 Å². The average molecular weight is 255 g/mol. The third-order valence-electron chi connectivity index (χ3n) is 2.97. The first-order chi connectivity index (χ1) is 9.35. The zero-order chi connectivity index (χ0) is 13.5. The Morgan fingerprint density at radius 2 is 2.05 bits per heavy atom. The van der Waals surface area contributed by atoms with E-state index in [0.29, 0.717) is 19.6 Å². The molecule has 0 atom stereocenters. The van der Waals surface area contributed by atoms with Gasteiger partial charge in [0.15, 0.2) is 0 Å². The standard InChI is InChI=1S/C15H17N3O/c1-19-12-11-18(10-4-9-16)15-8-7-13-5-2-3-6-14(13)17-15/h2-3,5-8H,4,10-12H2,1H3. The van der Waals surface area contributed by atoms with Crippen LogP contribution in [0.4, 0.5) is 5.82 Å². The first-order valence-electron chi connectivity index (χ1n) is 6.32. The van der Waals surface area contributed by atoms with Gasteiger partial charge in [-0.2, -0.15) is 5.26 Å². The van der Waals surface area contributed by atoms with Crippen LogP contribution in [0.1, 0.15) is 6.42 Å². The van der Waals surface area contributed by atoms with Gasteiger partial charge >= 0.3 is 0 Å². The van der Waals surface area contributed by atoms with Crippen LogP contribution in [0.5, 0.6) is 0 Å². The van der Waals surface area contributed by atoms with E-state index in [0.717, 1.165) is 23.3 Å². The van der Waals surface area contributed by atoms with Crippen LogP contribution in [0.3, 0.4) is 0 Å². The maximum atomic E-state index is 8.73. The highest BCUT2D eigenvalue weighted by Crippen LogP contribution is 2.17. The molecule has 1 heterocycles. The van der Waals surface area contributed by atoms with Crippen LogP contribution in [-0.4, -0.2) is 31.8 Å². The fourth-order valence-corrected chi connectivity index (χ4v) is 1.96. The Morgan fingerprint density at radius 3 is 2.84 bits per heavy atom. The van der Waals surface area contributed by atoms with Crippen molar-refractivity contribution >= 4 is 16.7 Å². The monoisotopic (exact) mass is 255 g/mol. The van der Waals surface area contributed by atoms with Gasteiger partial charge in [-0.15, -0.1) is 0 Å². The largest absolute Gasteiger partial charge is 0.383 e. The fourth-order valence-electron chi connectivity index (χ4n) is 1.96. The summed E-state index contributed by atoms with van der Waals surface area (Å²) in [4.78, 5) is 6.72. The van der Waals surface area contributed by atoms with Gasteiger partial charge in [-0.1, -0.05) is 18.2 Å². The molecule has 4 heteroatoms. The van der Waals surface area contributed by atoms with E-state index in [1.54, 1.807) is 7.11 Å². The van der Waals surface area contributed by atoms with Crippen LogP contribution in [0, 0.1) is 11.3 Å². The minimum atomic E-state index is 0.484. The van der Waals surface area contributed by atoms with Crippen LogP contribution in [0.2, 0.25) is 0 Å². The molecular weight excluding hydrogens is 238 g/mol. The van der Waals surface area contributed by atoms with Gasteiger partial charge in [-0.3, -0.25) is 0 Å². The van der Waals surface area contributed by atoms with Gasteiger partial charge in [-0.25, -0.2) is 4.98 Å². The molecule has 0 aliphatic carbocycles. The SMILES string of the molecule is COCCN(CCC#N)c1ccc2ccccc2n1. The second-order valence-electron chi connectivity index (χ2n) is 4.25. The molecule has 0 radical (unpaired) electrons. The van der Waals surface area contributed by atoms with Crippen LogP contribution in [-0.2, 0) is 4.74 Å². The van der Waals surface area contributed by atoms with Crippen molar-refractivity contribution in [1.29, 1.82) is 5.26 Å². The first-order valence-corrected chi connectivity index (χ1v) is 6.32. The third kappa shape index (κ3) is 3.43. The van der Waals surface area contributed by atoms with Crippen molar-refractivity contribution in [3.05, 3.63) is 36.4 Å². The van der Waals surface area contributed by atoms with Crippen molar-refractivity contribution < 1.29 is 4.74 Å². The lowest BCUT2D eigenvalue weighted by molar-refractivity contribution is 0.205. The van der Waals surface area contributed by atoms with Gasteiger partial charge in [0.2, 0.25) is 0 Å². The smallest absolute Gasteiger partial charge is 0.129 e. The fraction of sp³-hybridized carbons (Fsp3) is 0.333. The minimum absolute atomic E-state index is 0.484. The number of pyridine rings is 1. The van der Waals surface area contributed by atoms with Crippen LogP contribution in [0.25, 0.3) is 10.9 Å². The van der Waals surface area contributed by atoms with Crippen LogP contribution < -0.4 is 4.90 Å². The lowest BCUT2D eigenvalue weighted by Crippen LogP contribution is -2.28. The summed E-state index contributed by atoms with van der Waals surface area (Å²) in [5, 5.41) is 9.85. The molecule has 0 aliphatic rings. The Morgan fingerprint density at radius 1 is 1.21 bits per heavy atom. The predicted octanol–water partition coefficient (Wildman–Crippen LogP) is 2.60. The highest BCUT2D eigenvalue weighted by atomic mass is 16.5. The highest BCUT2D eigenvalue weighted by molar-refractivity contribution is 5.80. The van der Waals surface area contributed by atoms with E-state index in [4.69, 9.17) is 10.00 Å².